The molecule has 4 heterocycles. The predicted molar refractivity (Wildman–Crippen MR) is 119 cm³/mol. The molecule has 0 aromatic carbocycles. The number of aliphatic hydroxyl groups excluding tert-OH is 1. The lowest BCUT2D eigenvalue weighted by molar-refractivity contribution is -0.243. The van der Waals surface area contributed by atoms with E-state index in [9.17, 15) is 48.3 Å². The molecule has 4 fully saturated rings. The van der Waals surface area contributed by atoms with Crippen molar-refractivity contribution in [1.82, 2.24) is 15.2 Å². The van der Waals surface area contributed by atoms with Crippen molar-refractivity contribution in [1.29, 1.82) is 0 Å². The monoisotopic (exact) mass is 601 g/mol. The first-order valence-electron chi connectivity index (χ1n) is 12.4. The zero-order chi connectivity index (χ0) is 30.7. The lowest BCUT2D eigenvalue weighted by Crippen LogP contribution is -2.61. The third kappa shape index (κ3) is 6.54. The van der Waals surface area contributed by atoms with Crippen molar-refractivity contribution in [3.63, 3.8) is 0 Å². The predicted octanol–water partition coefficient (Wildman–Crippen LogP) is -1.48. The standard InChI is InChI=1S/C22H23N3O17/c1-9-18(38-21(34)41-24-13(28)4-5-14(24)29)17(32)19(39-22(35)42-25-15(30)6-7-16(25)31)10(37-9)8-36-20(33)40-23-11(26)2-3-12(23)27/h9-10,17-19,32H,2-8H2,1H3. The molecule has 5 atom stereocenters. The maximum atomic E-state index is 12.4. The number of carbonyl (C=O) groups excluding carboxylic acids is 9. The number of aliphatic hydroxyl groups is 1. The molecule has 0 bridgehead atoms. The summed E-state index contributed by atoms with van der Waals surface area (Å²) in [5.74, 6) is -4.93. The largest absolute Gasteiger partial charge is 0.534 e. The lowest BCUT2D eigenvalue weighted by atomic mass is 9.95. The Hall–Kier alpha value is -4.85. The Morgan fingerprint density at radius 3 is 1.43 bits per heavy atom. The molecule has 4 aliphatic rings. The molecule has 4 aliphatic heterocycles. The fraction of sp³-hybridized carbons (Fsp3) is 0.591. The van der Waals surface area contributed by atoms with E-state index in [-0.39, 0.29) is 53.7 Å². The molecule has 0 saturated carbocycles. The van der Waals surface area contributed by atoms with Crippen LogP contribution in [0.1, 0.15) is 45.4 Å². The van der Waals surface area contributed by atoms with E-state index >= 15 is 0 Å². The molecule has 0 aromatic rings. The van der Waals surface area contributed by atoms with Crippen LogP contribution in [0.2, 0.25) is 0 Å². The zero-order valence-electron chi connectivity index (χ0n) is 21.7. The Bertz CT molecular complexity index is 1170. The normalized spacial score (nSPS) is 27.9. The van der Waals surface area contributed by atoms with Gasteiger partial charge in [-0.05, 0) is 6.92 Å². The van der Waals surface area contributed by atoms with E-state index < -0.39 is 91.0 Å². The van der Waals surface area contributed by atoms with Gasteiger partial charge in [0.25, 0.3) is 35.4 Å². The van der Waals surface area contributed by atoms with Gasteiger partial charge in [-0.15, -0.1) is 0 Å². The molecule has 42 heavy (non-hydrogen) atoms. The maximum Gasteiger partial charge on any atom is 0.534 e. The van der Waals surface area contributed by atoms with Crippen LogP contribution in [0.3, 0.4) is 0 Å². The van der Waals surface area contributed by atoms with Crippen LogP contribution in [-0.4, -0.2) is 111 Å². The summed E-state index contributed by atoms with van der Waals surface area (Å²) < 4.78 is 20.4. The van der Waals surface area contributed by atoms with Gasteiger partial charge in [-0.2, -0.15) is 0 Å². The van der Waals surface area contributed by atoms with Crippen molar-refractivity contribution in [3.8, 4) is 0 Å². The van der Waals surface area contributed by atoms with Crippen LogP contribution in [-0.2, 0) is 62.2 Å². The SMILES string of the molecule is CC1OC(COC(=O)ON2C(=O)CCC2=O)C(OC(=O)ON2C(=O)CCC2=O)C(O)C1OC(=O)ON1C(=O)CCC1=O. The van der Waals surface area contributed by atoms with Crippen molar-refractivity contribution in [2.75, 3.05) is 6.61 Å². The molecule has 0 radical (unpaired) electrons. The molecule has 4 saturated heterocycles. The summed E-state index contributed by atoms with van der Waals surface area (Å²) in [6.07, 6.45) is -14.5. The van der Waals surface area contributed by atoms with Crippen molar-refractivity contribution in [2.45, 2.75) is 76.0 Å². The quantitative estimate of drug-likeness (QED) is 0.198. The van der Waals surface area contributed by atoms with Gasteiger partial charge in [-0.1, -0.05) is 15.2 Å². The second-order valence-corrected chi connectivity index (χ2v) is 9.12. The van der Waals surface area contributed by atoms with E-state index in [2.05, 4.69) is 14.5 Å². The molecule has 1 N–H and O–H groups in total. The Balaban J connectivity index is 1.43. The summed E-state index contributed by atoms with van der Waals surface area (Å²) in [5.41, 5.74) is 0. The van der Waals surface area contributed by atoms with E-state index in [0.29, 0.717) is 0 Å². The highest BCUT2D eigenvalue weighted by atomic mass is 16.9. The number of hydrogen-bond donors (Lipinski definition) is 1. The molecule has 20 nitrogen and oxygen atoms in total. The Morgan fingerprint density at radius 1 is 0.667 bits per heavy atom. The number of imide groups is 3. The molecular formula is C22H23N3O17. The number of amides is 6. The van der Waals surface area contributed by atoms with Crippen LogP contribution in [0.4, 0.5) is 14.4 Å². The van der Waals surface area contributed by atoms with E-state index in [0.717, 1.165) is 0 Å². The summed E-state index contributed by atoms with van der Waals surface area (Å²) in [6, 6.07) is 0. The molecule has 4 rings (SSSR count). The average Bonchev–Trinajstić information content (AvgIpc) is 3.54. The second kappa shape index (κ2) is 12.3. The van der Waals surface area contributed by atoms with Gasteiger partial charge in [0.1, 0.15) is 18.8 Å². The Kier molecular flexibility index (Phi) is 8.85. The molecule has 0 aromatic heterocycles. The number of hydrogen-bond acceptors (Lipinski definition) is 17. The summed E-state index contributed by atoms with van der Waals surface area (Å²) in [7, 11) is 0. The second-order valence-electron chi connectivity index (χ2n) is 9.12. The first-order valence-corrected chi connectivity index (χ1v) is 12.4. The van der Waals surface area contributed by atoms with Crippen LogP contribution >= 0.6 is 0 Å². The van der Waals surface area contributed by atoms with Gasteiger partial charge in [-0.25, -0.2) is 14.4 Å². The fourth-order valence-electron chi connectivity index (χ4n) is 4.20. The number of hydroxylamine groups is 6. The van der Waals surface area contributed by atoms with Crippen molar-refractivity contribution in [2.24, 2.45) is 0 Å². The lowest BCUT2D eigenvalue weighted by Gasteiger charge is -2.41. The van der Waals surface area contributed by atoms with Gasteiger partial charge in [0.15, 0.2) is 12.2 Å². The molecule has 5 unspecified atom stereocenters. The van der Waals surface area contributed by atoms with Gasteiger partial charge >= 0.3 is 18.5 Å². The molecule has 0 spiro atoms. The summed E-state index contributed by atoms with van der Waals surface area (Å²) in [6.45, 7) is 0.431. The van der Waals surface area contributed by atoms with Crippen LogP contribution in [0, 0.1) is 0 Å². The van der Waals surface area contributed by atoms with Crippen LogP contribution in [0.15, 0.2) is 0 Å². The van der Waals surface area contributed by atoms with E-state index in [1.54, 1.807) is 0 Å². The third-order valence-electron chi connectivity index (χ3n) is 6.24. The minimum absolute atomic E-state index is 0.142. The van der Waals surface area contributed by atoms with Gasteiger partial charge in [0.05, 0.1) is 6.10 Å². The average molecular weight is 601 g/mol. The topological polar surface area (TPSA) is 248 Å². The van der Waals surface area contributed by atoms with Gasteiger partial charge < -0.3 is 24.1 Å². The highest BCUT2D eigenvalue weighted by Crippen LogP contribution is 2.28. The smallest absolute Gasteiger partial charge is 0.430 e. The van der Waals surface area contributed by atoms with Crippen LogP contribution < -0.4 is 0 Å². The number of carbonyl (C=O) groups is 9. The zero-order valence-corrected chi connectivity index (χ0v) is 21.7. The molecular weight excluding hydrogens is 578 g/mol. The van der Waals surface area contributed by atoms with E-state index in [4.69, 9.17) is 18.9 Å². The third-order valence-corrected chi connectivity index (χ3v) is 6.24. The summed E-state index contributed by atoms with van der Waals surface area (Å²) in [4.78, 5) is 121. The van der Waals surface area contributed by atoms with Gasteiger partial charge in [-0.3, -0.25) is 43.3 Å². The number of nitrogens with zero attached hydrogens (tertiary/aromatic N) is 3. The van der Waals surface area contributed by atoms with Gasteiger partial charge in [0.2, 0.25) is 0 Å². The molecule has 6 amide bonds. The first kappa shape index (κ1) is 30.1. The Labute approximate surface area is 234 Å². The molecule has 228 valence electrons. The first-order chi connectivity index (χ1) is 19.8. The van der Waals surface area contributed by atoms with E-state index in [1.807, 2.05) is 0 Å². The maximum absolute atomic E-state index is 12.4. The van der Waals surface area contributed by atoms with Crippen LogP contribution in [0.25, 0.3) is 0 Å². The van der Waals surface area contributed by atoms with Crippen molar-refractivity contribution in [3.05, 3.63) is 0 Å². The highest BCUT2D eigenvalue weighted by Gasteiger charge is 2.50. The summed E-state index contributed by atoms with van der Waals surface area (Å²) >= 11 is 0. The van der Waals surface area contributed by atoms with Crippen LogP contribution in [0.5, 0.6) is 0 Å². The minimum atomic E-state index is -1.99. The number of ether oxygens (including phenoxy) is 4. The van der Waals surface area contributed by atoms with Crippen molar-refractivity contribution < 1.29 is 81.7 Å². The number of rotatable bonds is 7. The molecule has 0 aliphatic carbocycles. The fourth-order valence-corrected chi connectivity index (χ4v) is 4.20. The van der Waals surface area contributed by atoms with Crippen molar-refractivity contribution >= 4 is 53.9 Å². The van der Waals surface area contributed by atoms with Gasteiger partial charge in [0, 0.05) is 38.5 Å². The minimum Gasteiger partial charge on any atom is -0.430 e. The molecule has 20 heteroatoms. The Morgan fingerprint density at radius 2 is 1.02 bits per heavy atom. The highest BCUT2D eigenvalue weighted by molar-refractivity contribution is 6.02. The summed E-state index contributed by atoms with van der Waals surface area (Å²) in [5, 5.41) is 11.5. The van der Waals surface area contributed by atoms with E-state index in [1.165, 1.54) is 6.92 Å².